The third-order valence-corrected chi connectivity index (χ3v) is 3.82. The van der Waals surface area contributed by atoms with E-state index in [4.69, 9.17) is 0 Å². The van der Waals surface area contributed by atoms with Gasteiger partial charge >= 0.3 is 0 Å². The largest absolute Gasteiger partial charge is 0.352 e. The Morgan fingerprint density at radius 1 is 1.00 bits per heavy atom. The van der Waals surface area contributed by atoms with Crippen LogP contribution in [0.5, 0.6) is 0 Å². The van der Waals surface area contributed by atoms with Gasteiger partial charge in [-0.25, -0.2) is 4.98 Å². The number of guanidine groups is 1. The van der Waals surface area contributed by atoms with Crippen LogP contribution in [0.1, 0.15) is 11.4 Å². The summed E-state index contributed by atoms with van der Waals surface area (Å²) < 4.78 is 2.10. The minimum absolute atomic E-state index is 0. The second kappa shape index (κ2) is 8.68. The smallest absolute Gasteiger partial charge is 0.191 e. The van der Waals surface area contributed by atoms with Gasteiger partial charge in [-0.05, 0) is 17.7 Å². The third-order valence-electron chi connectivity index (χ3n) is 3.82. The van der Waals surface area contributed by atoms with Crippen LogP contribution in [0.15, 0.2) is 59.6 Å². The van der Waals surface area contributed by atoms with E-state index in [1.807, 2.05) is 43.4 Å². The van der Waals surface area contributed by atoms with Crippen molar-refractivity contribution in [1.29, 1.82) is 0 Å². The van der Waals surface area contributed by atoms with Gasteiger partial charge in [-0.1, -0.05) is 42.5 Å². The highest BCUT2D eigenvalue weighted by Crippen LogP contribution is 2.13. The Balaban J connectivity index is 0.00000208. The number of para-hydroxylation sites is 2. The number of aromatic nitrogens is 2. The monoisotopic (exact) mass is 435 g/mol. The van der Waals surface area contributed by atoms with Gasteiger partial charge in [0.15, 0.2) is 5.96 Å². The number of fused-ring (bicyclic) bond motifs is 1. The Bertz CT molecular complexity index is 811. The second-order valence-corrected chi connectivity index (χ2v) is 5.34. The second-order valence-electron chi connectivity index (χ2n) is 5.34. The van der Waals surface area contributed by atoms with E-state index in [9.17, 15) is 0 Å². The lowest BCUT2D eigenvalue weighted by molar-refractivity contribution is 0.736. The maximum absolute atomic E-state index is 4.65. The third kappa shape index (κ3) is 4.25. The van der Waals surface area contributed by atoms with Crippen molar-refractivity contribution in [3.05, 3.63) is 66.0 Å². The van der Waals surface area contributed by atoms with Crippen molar-refractivity contribution in [2.75, 3.05) is 7.05 Å². The molecule has 0 saturated carbocycles. The number of imidazole rings is 1. The van der Waals surface area contributed by atoms with Gasteiger partial charge in [0, 0.05) is 20.6 Å². The molecule has 0 saturated heterocycles. The molecule has 0 aliphatic heterocycles. The summed E-state index contributed by atoms with van der Waals surface area (Å²) in [6.45, 7) is 1.36. The van der Waals surface area contributed by atoms with Crippen LogP contribution in [0.3, 0.4) is 0 Å². The van der Waals surface area contributed by atoms with E-state index < -0.39 is 0 Å². The highest BCUT2D eigenvalue weighted by Gasteiger charge is 2.07. The molecule has 0 atom stereocenters. The molecular weight excluding hydrogens is 413 g/mol. The first-order valence-electron chi connectivity index (χ1n) is 7.66. The number of aliphatic imine (C=N–C) groups is 1. The molecule has 1 aromatic heterocycles. The van der Waals surface area contributed by atoms with Crippen LogP contribution in [0, 0.1) is 0 Å². The summed E-state index contributed by atoms with van der Waals surface area (Å²) in [4.78, 5) is 8.91. The molecule has 0 aliphatic carbocycles. The average Bonchev–Trinajstić information content (AvgIpc) is 2.92. The molecule has 3 aromatic rings. The van der Waals surface area contributed by atoms with Crippen molar-refractivity contribution < 1.29 is 0 Å². The molecule has 126 valence electrons. The Kier molecular flexibility index (Phi) is 6.60. The average molecular weight is 435 g/mol. The molecular formula is C18H22IN5. The van der Waals surface area contributed by atoms with E-state index >= 15 is 0 Å². The summed E-state index contributed by atoms with van der Waals surface area (Å²) in [7, 11) is 3.81. The first-order chi connectivity index (χ1) is 11.3. The highest BCUT2D eigenvalue weighted by atomic mass is 127. The van der Waals surface area contributed by atoms with Crippen LogP contribution < -0.4 is 10.6 Å². The molecule has 0 amide bonds. The van der Waals surface area contributed by atoms with Gasteiger partial charge in [-0.15, -0.1) is 24.0 Å². The number of hydrogen-bond donors (Lipinski definition) is 2. The number of nitrogens with zero attached hydrogens (tertiary/aromatic N) is 3. The zero-order chi connectivity index (χ0) is 16.1. The molecule has 24 heavy (non-hydrogen) atoms. The number of hydrogen-bond acceptors (Lipinski definition) is 2. The molecule has 0 unspecified atom stereocenters. The molecule has 0 spiro atoms. The first-order valence-corrected chi connectivity index (χ1v) is 7.66. The van der Waals surface area contributed by atoms with Crippen LogP contribution in [-0.2, 0) is 20.1 Å². The van der Waals surface area contributed by atoms with Crippen LogP contribution >= 0.6 is 24.0 Å². The molecule has 6 heteroatoms. The van der Waals surface area contributed by atoms with Crippen molar-refractivity contribution >= 4 is 41.0 Å². The van der Waals surface area contributed by atoms with Gasteiger partial charge < -0.3 is 15.2 Å². The van der Waals surface area contributed by atoms with E-state index in [0.29, 0.717) is 6.54 Å². The summed E-state index contributed by atoms with van der Waals surface area (Å²) in [5.41, 5.74) is 3.37. The van der Waals surface area contributed by atoms with Crippen LogP contribution in [0.25, 0.3) is 11.0 Å². The van der Waals surface area contributed by atoms with E-state index in [1.165, 1.54) is 5.56 Å². The molecule has 2 N–H and O–H groups in total. The first kappa shape index (κ1) is 18.3. The lowest BCUT2D eigenvalue weighted by Gasteiger charge is -2.12. The predicted octanol–water partition coefficient (Wildman–Crippen LogP) is 3.06. The van der Waals surface area contributed by atoms with Gasteiger partial charge in [0.05, 0.1) is 17.6 Å². The number of aryl methyl sites for hydroxylation is 1. The Morgan fingerprint density at radius 3 is 2.38 bits per heavy atom. The Labute approximate surface area is 159 Å². The van der Waals surface area contributed by atoms with E-state index in [2.05, 4.69) is 43.4 Å². The predicted molar refractivity (Wildman–Crippen MR) is 110 cm³/mol. The molecule has 1 heterocycles. The SMILES string of the molecule is CN=C(NCc1ccccc1)NCc1nc2ccccc2n1C.I. The number of halogens is 1. The number of rotatable bonds is 4. The Hall–Kier alpha value is -2.09. The van der Waals surface area contributed by atoms with Crippen molar-refractivity contribution in [3.63, 3.8) is 0 Å². The highest BCUT2D eigenvalue weighted by molar-refractivity contribution is 14.0. The van der Waals surface area contributed by atoms with Crippen LogP contribution in [-0.4, -0.2) is 22.6 Å². The molecule has 0 aliphatic rings. The molecule has 0 fully saturated rings. The lowest BCUT2D eigenvalue weighted by Crippen LogP contribution is -2.36. The zero-order valence-electron chi connectivity index (χ0n) is 13.9. The minimum Gasteiger partial charge on any atom is -0.352 e. The van der Waals surface area contributed by atoms with Crippen LogP contribution in [0.4, 0.5) is 0 Å². The summed E-state index contributed by atoms with van der Waals surface area (Å²) in [6, 6.07) is 18.4. The Morgan fingerprint density at radius 2 is 1.67 bits per heavy atom. The normalized spacial score (nSPS) is 11.2. The van der Waals surface area contributed by atoms with Gasteiger partial charge in [0.2, 0.25) is 0 Å². The lowest BCUT2D eigenvalue weighted by atomic mass is 10.2. The zero-order valence-corrected chi connectivity index (χ0v) is 16.2. The maximum atomic E-state index is 4.65. The van der Waals surface area contributed by atoms with Crippen molar-refractivity contribution in [3.8, 4) is 0 Å². The van der Waals surface area contributed by atoms with Gasteiger partial charge in [0.1, 0.15) is 5.82 Å². The molecule has 2 aromatic carbocycles. The van der Waals surface area contributed by atoms with E-state index in [0.717, 1.165) is 29.4 Å². The van der Waals surface area contributed by atoms with Crippen molar-refractivity contribution in [2.45, 2.75) is 13.1 Å². The number of nitrogens with one attached hydrogen (secondary N) is 2. The summed E-state index contributed by atoms with van der Waals surface area (Å²) in [5.74, 6) is 1.75. The quantitative estimate of drug-likeness (QED) is 0.376. The van der Waals surface area contributed by atoms with Gasteiger partial charge in [-0.2, -0.15) is 0 Å². The van der Waals surface area contributed by atoms with E-state index in [1.54, 1.807) is 7.05 Å². The molecule has 0 radical (unpaired) electrons. The minimum atomic E-state index is 0. The van der Waals surface area contributed by atoms with Gasteiger partial charge in [-0.3, -0.25) is 4.99 Å². The molecule has 3 rings (SSSR count). The van der Waals surface area contributed by atoms with Gasteiger partial charge in [0.25, 0.3) is 0 Å². The molecule has 0 bridgehead atoms. The fourth-order valence-corrected chi connectivity index (χ4v) is 2.52. The summed E-state index contributed by atoms with van der Waals surface area (Å²) >= 11 is 0. The summed E-state index contributed by atoms with van der Waals surface area (Å²) in [5, 5.41) is 6.62. The topological polar surface area (TPSA) is 54.2 Å². The molecule has 5 nitrogen and oxygen atoms in total. The number of benzene rings is 2. The van der Waals surface area contributed by atoms with Crippen LogP contribution in [0.2, 0.25) is 0 Å². The fraction of sp³-hybridized carbons (Fsp3) is 0.222. The van der Waals surface area contributed by atoms with Crippen molar-refractivity contribution in [2.24, 2.45) is 12.0 Å². The maximum Gasteiger partial charge on any atom is 0.191 e. The van der Waals surface area contributed by atoms with E-state index in [-0.39, 0.29) is 24.0 Å². The van der Waals surface area contributed by atoms with Crippen molar-refractivity contribution in [1.82, 2.24) is 20.2 Å². The summed E-state index contributed by atoms with van der Waals surface area (Å²) in [6.07, 6.45) is 0. The standard InChI is InChI=1S/C18H21N5.HI/c1-19-18(20-12-14-8-4-3-5-9-14)21-13-17-22-15-10-6-7-11-16(15)23(17)2;/h3-11H,12-13H2,1-2H3,(H2,19,20,21);1H. The fourth-order valence-electron chi connectivity index (χ4n) is 2.52.